The van der Waals surface area contributed by atoms with Gasteiger partial charge in [-0.3, -0.25) is 4.90 Å². The molecule has 0 aromatic heterocycles. The van der Waals surface area contributed by atoms with E-state index in [1.807, 2.05) is 25.9 Å². The second-order valence-corrected chi connectivity index (χ2v) is 14.0. The zero-order valence-corrected chi connectivity index (χ0v) is 29.8. The predicted octanol–water partition coefficient (Wildman–Crippen LogP) is 7.00. The largest absolute Gasteiger partial charge is 0.510 e. The van der Waals surface area contributed by atoms with E-state index < -0.39 is 11.6 Å². The number of nitrogens with one attached hydrogen (secondary N) is 1. The lowest BCUT2D eigenvalue weighted by molar-refractivity contribution is -0.0178. The number of hydrogen-bond donors (Lipinski definition) is 4. The quantitative estimate of drug-likeness (QED) is 0.173. The summed E-state index contributed by atoms with van der Waals surface area (Å²) in [5.41, 5.74) is 15.5. The molecule has 258 valence electrons. The molecular formula is C41H55N3O4. The van der Waals surface area contributed by atoms with Gasteiger partial charge in [0.1, 0.15) is 17.1 Å². The Bertz CT molecular complexity index is 1670. The highest BCUT2D eigenvalue weighted by Gasteiger charge is 2.57. The first-order valence-electron chi connectivity index (χ1n) is 17.3. The minimum atomic E-state index is -1.40. The first kappa shape index (κ1) is 35.7. The van der Waals surface area contributed by atoms with Crippen LogP contribution in [-0.4, -0.2) is 67.7 Å². The molecule has 4 atom stereocenters. The molecule has 0 spiro atoms. The fourth-order valence-electron chi connectivity index (χ4n) is 8.48. The average Bonchev–Trinajstić information content (AvgIpc) is 3.03. The van der Waals surface area contributed by atoms with E-state index in [-0.39, 0.29) is 23.3 Å². The Kier molecular flexibility index (Phi) is 10.8. The minimum absolute atomic E-state index is 0.0943. The topological polar surface area (TPSA) is 100 Å². The normalized spacial score (nSPS) is 23.7. The molecule has 0 aliphatic heterocycles. The van der Waals surface area contributed by atoms with Gasteiger partial charge in [0.2, 0.25) is 0 Å². The second kappa shape index (κ2) is 14.5. The summed E-state index contributed by atoms with van der Waals surface area (Å²) < 4.78 is 11.6. The van der Waals surface area contributed by atoms with E-state index in [1.165, 1.54) is 11.1 Å². The van der Waals surface area contributed by atoms with Crippen LogP contribution in [0.5, 0.6) is 5.75 Å². The van der Waals surface area contributed by atoms with Gasteiger partial charge in [0, 0.05) is 42.5 Å². The number of benzene rings is 2. The molecule has 2 aromatic carbocycles. The van der Waals surface area contributed by atoms with Gasteiger partial charge in [-0.05, 0) is 128 Å². The zero-order valence-electron chi connectivity index (χ0n) is 29.8. The van der Waals surface area contributed by atoms with Crippen LogP contribution in [0, 0.1) is 18.8 Å². The van der Waals surface area contributed by atoms with Crippen molar-refractivity contribution in [3.05, 3.63) is 106 Å². The predicted molar refractivity (Wildman–Crippen MR) is 197 cm³/mol. The lowest BCUT2D eigenvalue weighted by atomic mass is 9.55. The number of likely N-dealkylation sites (N-methyl/N-ethyl adjacent to an activating group) is 1. The van der Waals surface area contributed by atoms with Crippen LogP contribution in [-0.2, 0) is 17.7 Å². The molecule has 5 N–H and O–H groups in total. The molecule has 7 heteroatoms. The van der Waals surface area contributed by atoms with E-state index in [0.717, 1.165) is 96.7 Å². The van der Waals surface area contributed by atoms with E-state index in [2.05, 4.69) is 69.2 Å². The Morgan fingerprint density at radius 2 is 1.83 bits per heavy atom. The van der Waals surface area contributed by atoms with Crippen molar-refractivity contribution in [1.82, 2.24) is 10.2 Å². The highest BCUT2D eigenvalue weighted by molar-refractivity contribution is 5.90. The van der Waals surface area contributed by atoms with Crippen molar-refractivity contribution in [3.63, 3.8) is 0 Å². The number of allylic oxidation sites excluding steroid dienone is 3. The smallest absolute Gasteiger partial charge is 0.126 e. The Labute approximate surface area is 287 Å². The molecule has 0 bridgehead atoms. The van der Waals surface area contributed by atoms with Gasteiger partial charge < -0.3 is 30.7 Å². The maximum Gasteiger partial charge on any atom is 0.126 e. The van der Waals surface area contributed by atoms with Crippen molar-refractivity contribution < 1.29 is 19.7 Å². The molecule has 0 saturated carbocycles. The van der Waals surface area contributed by atoms with Crippen LogP contribution in [0.3, 0.4) is 0 Å². The number of rotatable bonds is 13. The Morgan fingerprint density at radius 1 is 1.10 bits per heavy atom. The van der Waals surface area contributed by atoms with Gasteiger partial charge >= 0.3 is 0 Å². The number of aliphatic hydroxyl groups is 2. The average molecular weight is 654 g/mol. The van der Waals surface area contributed by atoms with E-state index in [4.69, 9.17) is 15.2 Å². The molecule has 48 heavy (non-hydrogen) atoms. The van der Waals surface area contributed by atoms with Crippen LogP contribution in [0.15, 0.2) is 83.8 Å². The van der Waals surface area contributed by atoms with E-state index >= 15 is 0 Å². The van der Waals surface area contributed by atoms with E-state index in [9.17, 15) is 10.2 Å². The number of nitrogens with zero attached hydrogens (tertiary/aromatic N) is 1. The molecule has 0 amide bonds. The Hall–Kier alpha value is -3.62. The molecule has 0 fully saturated rings. The SMILES string of the molecule is C=C(N)C1=C(O)[C@@H](N(C)C)[C@@H]2C[C@@H]3Cc4c(-c5cc(CNCCCOCCCC)ccc5OC)ccc(C)c4C(=C)C3=C(C)C2(O)C1=C. The first-order chi connectivity index (χ1) is 22.9. The van der Waals surface area contributed by atoms with Crippen LogP contribution < -0.4 is 15.8 Å². The van der Waals surface area contributed by atoms with Crippen molar-refractivity contribution in [2.75, 3.05) is 41.0 Å². The zero-order chi connectivity index (χ0) is 34.9. The van der Waals surface area contributed by atoms with Crippen LogP contribution >= 0.6 is 0 Å². The number of methoxy groups -OCH3 is 1. The number of aryl methyl sites for hydroxylation is 1. The monoisotopic (exact) mass is 653 g/mol. The van der Waals surface area contributed by atoms with Gasteiger partial charge in [-0.2, -0.15) is 0 Å². The third-order valence-electron chi connectivity index (χ3n) is 10.8. The van der Waals surface area contributed by atoms with Crippen molar-refractivity contribution in [2.24, 2.45) is 17.6 Å². The third-order valence-corrected chi connectivity index (χ3v) is 10.8. The fraction of sp³-hybridized carbons (Fsp3) is 0.463. The molecule has 5 rings (SSSR count). The lowest BCUT2D eigenvalue weighted by Crippen LogP contribution is -2.58. The fourth-order valence-corrected chi connectivity index (χ4v) is 8.48. The summed E-state index contributed by atoms with van der Waals surface area (Å²) in [4.78, 5) is 1.96. The number of unbranched alkanes of at least 4 members (excludes halogenated alkanes) is 1. The molecule has 0 radical (unpaired) electrons. The van der Waals surface area contributed by atoms with Gasteiger partial charge in [0.05, 0.1) is 13.2 Å². The third kappa shape index (κ3) is 6.18. The summed E-state index contributed by atoms with van der Waals surface area (Å²) in [6, 6.07) is 10.4. The number of nitrogens with two attached hydrogens (primary N) is 1. The van der Waals surface area contributed by atoms with Gasteiger partial charge in [0.25, 0.3) is 0 Å². The highest BCUT2D eigenvalue weighted by Crippen LogP contribution is 2.58. The summed E-state index contributed by atoms with van der Waals surface area (Å²) in [6.45, 7) is 22.5. The van der Waals surface area contributed by atoms with Gasteiger partial charge in [0.15, 0.2) is 0 Å². The van der Waals surface area contributed by atoms with Crippen molar-refractivity contribution in [3.8, 4) is 16.9 Å². The number of ether oxygens (including phenoxy) is 2. The summed E-state index contributed by atoms with van der Waals surface area (Å²) in [5.74, 6) is 0.711. The van der Waals surface area contributed by atoms with Gasteiger partial charge in [-0.15, -0.1) is 0 Å². The van der Waals surface area contributed by atoms with Crippen LogP contribution in [0.1, 0.15) is 61.8 Å². The minimum Gasteiger partial charge on any atom is -0.510 e. The first-order valence-corrected chi connectivity index (χ1v) is 17.3. The highest BCUT2D eigenvalue weighted by atomic mass is 16.5. The van der Waals surface area contributed by atoms with E-state index in [0.29, 0.717) is 17.6 Å². The summed E-state index contributed by atoms with van der Waals surface area (Å²) in [7, 11) is 5.57. The van der Waals surface area contributed by atoms with E-state index in [1.54, 1.807) is 7.11 Å². The Balaban J connectivity index is 1.52. The molecule has 2 aromatic rings. The van der Waals surface area contributed by atoms with Gasteiger partial charge in [-0.25, -0.2) is 0 Å². The molecule has 7 nitrogen and oxygen atoms in total. The number of aliphatic hydroxyl groups excluding tert-OH is 1. The second-order valence-electron chi connectivity index (χ2n) is 14.0. The van der Waals surface area contributed by atoms with Crippen LogP contribution in [0.2, 0.25) is 0 Å². The summed E-state index contributed by atoms with van der Waals surface area (Å²) in [6.07, 6.45) is 4.67. The maximum atomic E-state index is 12.6. The Morgan fingerprint density at radius 3 is 2.50 bits per heavy atom. The maximum absolute atomic E-state index is 12.6. The molecule has 0 heterocycles. The van der Waals surface area contributed by atoms with Crippen LogP contribution in [0.4, 0.5) is 0 Å². The summed E-state index contributed by atoms with van der Waals surface area (Å²) in [5, 5.41) is 27.7. The molecule has 1 unspecified atom stereocenters. The van der Waals surface area contributed by atoms with Crippen molar-refractivity contribution >= 4 is 5.57 Å². The molecule has 3 aliphatic carbocycles. The number of hydrogen-bond acceptors (Lipinski definition) is 7. The van der Waals surface area contributed by atoms with Gasteiger partial charge in [-0.1, -0.05) is 51.3 Å². The van der Waals surface area contributed by atoms with Crippen molar-refractivity contribution in [1.29, 1.82) is 0 Å². The van der Waals surface area contributed by atoms with Crippen LogP contribution in [0.25, 0.3) is 16.7 Å². The molecule has 3 aliphatic rings. The molecule has 0 saturated heterocycles. The lowest BCUT2D eigenvalue weighted by Gasteiger charge is -2.54. The summed E-state index contributed by atoms with van der Waals surface area (Å²) >= 11 is 0. The number of fused-ring (bicyclic) bond motifs is 3. The van der Waals surface area contributed by atoms with Crippen molar-refractivity contribution in [2.45, 2.75) is 71.1 Å². The molecular weight excluding hydrogens is 598 g/mol. The standard InChI is InChI=1S/C41H55N3O4/c1-10-11-18-48-19-12-17-43-23-29-14-16-35(47-9)32(20-29)31-15-13-24(2)36-25(3)37-26(4)41(46)27(5)38(28(6)42)40(45)39(44(7)8)34(41)22-30(37)21-33(31)36/h13-16,20,30,34,39,43,45-46H,3,5-6,10-12,17-19,21-23,42H2,1-2,4,7-9H3/t30-,34-,39-,41?/m0/s1.